The summed E-state index contributed by atoms with van der Waals surface area (Å²) in [5.74, 6) is -0.143. The van der Waals surface area contributed by atoms with E-state index < -0.39 is 6.04 Å². The number of amides is 2. The fourth-order valence-electron chi connectivity index (χ4n) is 1.64. The maximum absolute atomic E-state index is 12.1. The number of nitrogens with one attached hydrogen (secondary N) is 1. The first-order valence-corrected chi connectivity index (χ1v) is 6.82. The van der Waals surface area contributed by atoms with E-state index in [0.717, 1.165) is 5.56 Å². The quantitative estimate of drug-likeness (QED) is 0.814. The van der Waals surface area contributed by atoms with Crippen LogP contribution in [0, 0.1) is 0 Å². The molecule has 1 rings (SSSR count). The third-order valence-corrected chi connectivity index (χ3v) is 3.18. The van der Waals surface area contributed by atoms with Crippen molar-refractivity contribution < 1.29 is 9.59 Å². The predicted octanol–water partition coefficient (Wildman–Crippen LogP) is 1.73. The molecule has 0 heterocycles. The Morgan fingerprint density at radius 1 is 1.37 bits per heavy atom. The van der Waals surface area contributed by atoms with E-state index in [4.69, 9.17) is 11.6 Å². The molecule has 0 spiro atoms. The van der Waals surface area contributed by atoms with Gasteiger partial charge >= 0.3 is 0 Å². The van der Waals surface area contributed by atoms with Crippen LogP contribution in [0.2, 0.25) is 5.02 Å². The third kappa shape index (κ3) is 5.12. The molecule has 1 unspecified atom stereocenters. The molecular formula is C13H17ClN2O2S. The normalized spacial score (nSPS) is 11.8. The molecule has 1 aromatic carbocycles. The minimum atomic E-state index is -0.599. The van der Waals surface area contributed by atoms with Gasteiger partial charge in [-0.25, -0.2) is 0 Å². The molecule has 0 radical (unpaired) electrons. The summed E-state index contributed by atoms with van der Waals surface area (Å²) in [7, 11) is 1.69. The summed E-state index contributed by atoms with van der Waals surface area (Å²) in [6, 6.07) is 6.68. The molecule has 1 atom stereocenters. The Morgan fingerprint density at radius 3 is 2.42 bits per heavy atom. The van der Waals surface area contributed by atoms with Gasteiger partial charge in [-0.15, -0.1) is 0 Å². The van der Waals surface area contributed by atoms with Crippen LogP contribution in [0.5, 0.6) is 0 Å². The van der Waals surface area contributed by atoms with Gasteiger partial charge in [-0.3, -0.25) is 9.59 Å². The second-order valence-corrected chi connectivity index (χ2v) is 5.06. The zero-order chi connectivity index (χ0) is 14.4. The van der Waals surface area contributed by atoms with Crippen molar-refractivity contribution >= 4 is 36.0 Å². The molecule has 6 heteroatoms. The SMILES string of the molecule is CC(=O)NC(CS)C(=O)N(C)Cc1ccc(Cl)cc1. The minimum Gasteiger partial charge on any atom is -0.344 e. The molecule has 1 aromatic rings. The second-order valence-electron chi connectivity index (χ2n) is 4.26. The summed E-state index contributed by atoms with van der Waals surface area (Å²) >= 11 is 9.89. The van der Waals surface area contributed by atoms with Crippen molar-refractivity contribution in [1.29, 1.82) is 0 Å². The zero-order valence-corrected chi connectivity index (χ0v) is 12.5. The fraction of sp³-hybridized carbons (Fsp3) is 0.385. The molecule has 0 aliphatic carbocycles. The van der Waals surface area contributed by atoms with E-state index in [1.165, 1.54) is 6.92 Å². The number of nitrogens with zero attached hydrogens (tertiary/aromatic N) is 1. The van der Waals surface area contributed by atoms with Crippen molar-refractivity contribution in [2.75, 3.05) is 12.8 Å². The van der Waals surface area contributed by atoms with Gasteiger partial charge in [-0.2, -0.15) is 12.6 Å². The number of halogens is 1. The predicted molar refractivity (Wildman–Crippen MR) is 79.4 cm³/mol. The number of carbonyl (C=O) groups is 2. The summed E-state index contributed by atoms with van der Waals surface area (Å²) in [6.45, 7) is 1.84. The van der Waals surface area contributed by atoms with Gasteiger partial charge in [0.1, 0.15) is 6.04 Å². The largest absolute Gasteiger partial charge is 0.344 e. The first-order chi connectivity index (χ1) is 8.93. The van der Waals surface area contributed by atoms with E-state index in [1.54, 1.807) is 24.1 Å². The summed E-state index contributed by atoms with van der Waals surface area (Å²) in [5.41, 5.74) is 0.973. The van der Waals surface area contributed by atoms with E-state index in [2.05, 4.69) is 17.9 Å². The summed E-state index contributed by atoms with van der Waals surface area (Å²) in [4.78, 5) is 24.7. The summed E-state index contributed by atoms with van der Waals surface area (Å²) in [5, 5.41) is 3.23. The van der Waals surface area contributed by atoms with Gasteiger partial charge in [0.15, 0.2) is 0 Å². The van der Waals surface area contributed by atoms with Crippen LogP contribution in [-0.4, -0.2) is 35.6 Å². The molecule has 1 N–H and O–H groups in total. The lowest BCUT2D eigenvalue weighted by Crippen LogP contribution is -2.47. The lowest BCUT2D eigenvalue weighted by molar-refractivity contribution is -0.134. The Morgan fingerprint density at radius 2 is 1.95 bits per heavy atom. The Bertz CT molecular complexity index is 450. The average Bonchev–Trinajstić information content (AvgIpc) is 2.37. The number of thiol groups is 1. The van der Waals surface area contributed by atoms with Crippen LogP contribution in [0.1, 0.15) is 12.5 Å². The Kier molecular flexibility index (Phi) is 6.18. The highest BCUT2D eigenvalue weighted by Gasteiger charge is 2.21. The monoisotopic (exact) mass is 300 g/mol. The van der Waals surface area contributed by atoms with Crippen molar-refractivity contribution in [2.24, 2.45) is 0 Å². The first-order valence-electron chi connectivity index (χ1n) is 5.81. The molecule has 4 nitrogen and oxygen atoms in total. The van der Waals surface area contributed by atoms with Crippen LogP contribution in [0.4, 0.5) is 0 Å². The first kappa shape index (κ1) is 15.9. The van der Waals surface area contributed by atoms with E-state index in [-0.39, 0.29) is 17.6 Å². The summed E-state index contributed by atoms with van der Waals surface area (Å²) < 4.78 is 0. The second kappa shape index (κ2) is 7.40. The van der Waals surface area contributed by atoms with E-state index in [1.807, 2.05) is 12.1 Å². The molecular weight excluding hydrogens is 284 g/mol. The van der Waals surface area contributed by atoms with Gasteiger partial charge in [-0.05, 0) is 17.7 Å². The van der Waals surface area contributed by atoms with Crippen LogP contribution >= 0.6 is 24.2 Å². The number of benzene rings is 1. The van der Waals surface area contributed by atoms with Gasteiger partial charge in [0.25, 0.3) is 0 Å². The van der Waals surface area contributed by atoms with Crippen molar-refractivity contribution in [3.63, 3.8) is 0 Å². The van der Waals surface area contributed by atoms with E-state index in [0.29, 0.717) is 11.6 Å². The fourth-order valence-corrected chi connectivity index (χ4v) is 2.01. The molecule has 0 aliphatic rings. The number of carbonyl (C=O) groups excluding carboxylic acids is 2. The maximum atomic E-state index is 12.1. The van der Waals surface area contributed by atoms with Gasteiger partial charge < -0.3 is 10.2 Å². The topological polar surface area (TPSA) is 49.4 Å². The molecule has 19 heavy (non-hydrogen) atoms. The van der Waals surface area contributed by atoms with Crippen molar-refractivity contribution in [1.82, 2.24) is 10.2 Å². The molecule has 0 aromatic heterocycles. The average molecular weight is 301 g/mol. The van der Waals surface area contributed by atoms with Crippen molar-refractivity contribution in [3.8, 4) is 0 Å². The van der Waals surface area contributed by atoms with Crippen molar-refractivity contribution in [3.05, 3.63) is 34.9 Å². The Hall–Kier alpha value is -1.20. The summed E-state index contributed by atoms with van der Waals surface area (Å²) in [6.07, 6.45) is 0. The Labute approximate surface area is 123 Å². The smallest absolute Gasteiger partial charge is 0.246 e. The highest BCUT2D eigenvalue weighted by molar-refractivity contribution is 7.80. The molecule has 104 valence electrons. The van der Waals surface area contributed by atoms with Gasteiger partial charge in [-0.1, -0.05) is 23.7 Å². The van der Waals surface area contributed by atoms with Crippen LogP contribution < -0.4 is 5.32 Å². The van der Waals surface area contributed by atoms with Crippen LogP contribution in [-0.2, 0) is 16.1 Å². The number of rotatable bonds is 5. The van der Waals surface area contributed by atoms with Crippen LogP contribution in [0.3, 0.4) is 0 Å². The number of hydrogen-bond acceptors (Lipinski definition) is 3. The third-order valence-electron chi connectivity index (χ3n) is 2.57. The molecule has 0 saturated heterocycles. The lowest BCUT2D eigenvalue weighted by Gasteiger charge is -2.23. The number of likely N-dealkylation sites (N-methyl/N-ethyl adjacent to an activating group) is 1. The molecule has 0 bridgehead atoms. The van der Waals surface area contributed by atoms with Crippen LogP contribution in [0.25, 0.3) is 0 Å². The molecule has 0 aliphatic heterocycles. The van der Waals surface area contributed by atoms with Gasteiger partial charge in [0.05, 0.1) is 0 Å². The minimum absolute atomic E-state index is 0.167. The highest BCUT2D eigenvalue weighted by Crippen LogP contribution is 2.11. The van der Waals surface area contributed by atoms with E-state index in [9.17, 15) is 9.59 Å². The Balaban J connectivity index is 2.65. The van der Waals surface area contributed by atoms with Gasteiger partial charge in [0, 0.05) is 31.3 Å². The van der Waals surface area contributed by atoms with Crippen LogP contribution in [0.15, 0.2) is 24.3 Å². The highest BCUT2D eigenvalue weighted by atomic mass is 35.5. The number of hydrogen-bond donors (Lipinski definition) is 2. The molecule has 0 saturated carbocycles. The van der Waals surface area contributed by atoms with Gasteiger partial charge in [0.2, 0.25) is 11.8 Å². The van der Waals surface area contributed by atoms with Crippen molar-refractivity contribution in [2.45, 2.75) is 19.5 Å². The standard InChI is InChI=1S/C13H17ClN2O2S/c1-9(17)15-12(8-19)13(18)16(2)7-10-3-5-11(14)6-4-10/h3-6,12,19H,7-8H2,1-2H3,(H,15,17). The van der Waals surface area contributed by atoms with E-state index >= 15 is 0 Å². The zero-order valence-electron chi connectivity index (χ0n) is 10.9. The molecule has 0 fully saturated rings. The molecule has 2 amide bonds. The maximum Gasteiger partial charge on any atom is 0.246 e. The lowest BCUT2D eigenvalue weighted by atomic mass is 10.2.